The molecule has 0 spiro atoms. The summed E-state index contributed by atoms with van der Waals surface area (Å²) < 4.78 is 13.4. The zero-order valence-electron chi connectivity index (χ0n) is 9.64. The number of aryl methyl sites for hydroxylation is 1. The van der Waals surface area contributed by atoms with Gasteiger partial charge in [0.15, 0.2) is 0 Å². The summed E-state index contributed by atoms with van der Waals surface area (Å²) in [5.41, 5.74) is 0.811. The number of nitrogens with zero attached hydrogens (tertiary/aromatic N) is 1. The Balaban J connectivity index is 2.22. The molecule has 0 saturated carbocycles. The Morgan fingerprint density at radius 1 is 1.44 bits per heavy atom. The van der Waals surface area contributed by atoms with E-state index in [1.54, 1.807) is 11.3 Å². The number of benzene rings is 1. The first-order valence-corrected chi connectivity index (χ1v) is 6.17. The van der Waals surface area contributed by atoms with E-state index in [9.17, 15) is 14.5 Å². The highest BCUT2D eigenvalue weighted by Gasteiger charge is 2.19. The van der Waals surface area contributed by atoms with Gasteiger partial charge < -0.3 is 5.32 Å². The summed E-state index contributed by atoms with van der Waals surface area (Å²) >= 11 is 1.56. The predicted molar refractivity (Wildman–Crippen MR) is 69.4 cm³/mol. The number of anilines is 1. The van der Waals surface area contributed by atoms with Crippen LogP contribution in [0.3, 0.4) is 0 Å². The van der Waals surface area contributed by atoms with Crippen LogP contribution in [0.5, 0.6) is 0 Å². The molecule has 94 valence electrons. The van der Waals surface area contributed by atoms with Crippen molar-refractivity contribution in [1.82, 2.24) is 0 Å². The highest BCUT2D eigenvalue weighted by Crippen LogP contribution is 2.28. The topological polar surface area (TPSA) is 55.2 Å². The quantitative estimate of drug-likeness (QED) is 0.678. The van der Waals surface area contributed by atoms with Crippen molar-refractivity contribution in [3.63, 3.8) is 0 Å². The van der Waals surface area contributed by atoms with Gasteiger partial charge in [0.2, 0.25) is 5.82 Å². The summed E-state index contributed by atoms with van der Waals surface area (Å²) in [4.78, 5) is 11.2. The molecule has 0 aliphatic carbocycles. The normalized spacial score (nSPS) is 10.3. The molecule has 0 radical (unpaired) electrons. The summed E-state index contributed by atoms with van der Waals surface area (Å²) in [6, 6.07) is 6.01. The molecule has 0 atom stereocenters. The predicted octanol–water partition coefficient (Wildman–Crippen LogP) is 3.72. The van der Waals surface area contributed by atoms with Crippen LogP contribution in [-0.4, -0.2) is 4.92 Å². The van der Waals surface area contributed by atoms with E-state index in [0.29, 0.717) is 6.54 Å². The molecule has 0 aliphatic heterocycles. The van der Waals surface area contributed by atoms with Gasteiger partial charge in [-0.25, -0.2) is 0 Å². The minimum Gasteiger partial charge on any atom is -0.374 e. The van der Waals surface area contributed by atoms with Crippen LogP contribution in [0.25, 0.3) is 0 Å². The molecule has 2 aromatic rings. The lowest BCUT2D eigenvalue weighted by atomic mass is 10.2. The third kappa shape index (κ3) is 2.48. The molecular weight excluding hydrogens is 255 g/mol. The van der Waals surface area contributed by atoms with Gasteiger partial charge in [0.25, 0.3) is 0 Å². The Kier molecular flexibility index (Phi) is 3.57. The van der Waals surface area contributed by atoms with Crippen molar-refractivity contribution in [3.05, 3.63) is 56.0 Å². The van der Waals surface area contributed by atoms with E-state index in [-0.39, 0.29) is 5.69 Å². The maximum absolute atomic E-state index is 13.4. The molecule has 1 heterocycles. The van der Waals surface area contributed by atoms with Gasteiger partial charge in [-0.1, -0.05) is 6.07 Å². The Morgan fingerprint density at radius 2 is 2.22 bits per heavy atom. The van der Waals surface area contributed by atoms with Crippen LogP contribution in [0.4, 0.5) is 15.8 Å². The molecule has 1 N–H and O–H groups in total. The van der Waals surface area contributed by atoms with E-state index in [1.165, 1.54) is 12.1 Å². The fourth-order valence-electron chi connectivity index (χ4n) is 1.60. The Morgan fingerprint density at radius 3 is 2.83 bits per heavy atom. The Labute approximate surface area is 107 Å². The number of para-hydroxylation sites is 1. The van der Waals surface area contributed by atoms with Crippen LogP contribution in [0, 0.1) is 22.9 Å². The molecule has 18 heavy (non-hydrogen) atoms. The number of rotatable bonds is 4. The third-order valence-corrected chi connectivity index (χ3v) is 3.60. The van der Waals surface area contributed by atoms with Crippen LogP contribution in [-0.2, 0) is 6.54 Å². The largest absolute Gasteiger partial charge is 0.374 e. The van der Waals surface area contributed by atoms with E-state index >= 15 is 0 Å². The summed E-state index contributed by atoms with van der Waals surface area (Å²) in [6.07, 6.45) is 0. The molecule has 0 aliphatic rings. The maximum Gasteiger partial charge on any atom is 0.327 e. The smallest absolute Gasteiger partial charge is 0.327 e. The first-order chi connectivity index (χ1) is 8.59. The average Bonchev–Trinajstić information content (AvgIpc) is 2.71. The maximum atomic E-state index is 13.4. The average molecular weight is 266 g/mol. The van der Waals surface area contributed by atoms with Gasteiger partial charge in [-0.05, 0) is 36.1 Å². The number of halogens is 1. The monoisotopic (exact) mass is 266 g/mol. The lowest BCUT2D eigenvalue weighted by Crippen LogP contribution is -2.03. The van der Waals surface area contributed by atoms with Gasteiger partial charge in [-0.3, -0.25) is 10.1 Å². The Bertz CT molecular complexity index is 583. The van der Waals surface area contributed by atoms with Gasteiger partial charge >= 0.3 is 5.69 Å². The van der Waals surface area contributed by atoms with Crippen LogP contribution in [0.2, 0.25) is 0 Å². The number of nitro groups is 1. The van der Waals surface area contributed by atoms with Crippen molar-refractivity contribution in [1.29, 1.82) is 0 Å². The van der Waals surface area contributed by atoms with Crippen molar-refractivity contribution in [3.8, 4) is 0 Å². The van der Waals surface area contributed by atoms with E-state index in [1.807, 2.05) is 18.4 Å². The highest BCUT2D eigenvalue weighted by atomic mass is 32.1. The molecule has 4 nitrogen and oxygen atoms in total. The fraction of sp³-hybridized carbons (Fsp3) is 0.167. The molecule has 0 saturated heterocycles. The minimum atomic E-state index is -0.826. The summed E-state index contributed by atoms with van der Waals surface area (Å²) in [6.45, 7) is 2.42. The van der Waals surface area contributed by atoms with Crippen LogP contribution in [0.1, 0.15) is 10.4 Å². The molecule has 0 fully saturated rings. The number of thiophene rings is 1. The fourth-order valence-corrected chi connectivity index (χ4v) is 2.45. The van der Waals surface area contributed by atoms with Crippen LogP contribution in [0.15, 0.2) is 29.6 Å². The molecular formula is C12H11FN2O2S. The Hall–Kier alpha value is -1.95. The summed E-state index contributed by atoms with van der Waals surface area (Å²) in [5, 5.41) is 15.7. The third-order valence-electron chi connectivity index (χ3n) is 2.58. The van der Waals surface area contributed by atoms with Gasteiger partial charge in [0, 0.05) is 11.4 Å². The number of hydrogen-bond acceptors (Lipinski definition) is 4. The molecule has 6 heteroatoms. The molecule has 1 aromatic carbocycles. The highest BCUT2D eigenvalue weighted by molar-refractivity contribution is 7.10. The lowest BCUT2D eigenvalue weighted by Gasteiger charge is -2.06. The molecule has 0 bridgehead atoms. The second-order valence-electron chi connectivity index (χ2n) is 3.77. The summed E-state index contributed by atoms with van der Waals surface area (Å²) in [7, 11) is 0. The van der Waals surface area contributed by atoms with Gasteiger partial charge in [-0.2, -0.15) is 4.39 Å². The van der Waals surface area contributed by atoms with E-state index in [4.69, 9.17) is 0 Å². The van der Waals surface area contributed by atoms with Gasteiger partial charge in [-0.15, -0.1) is 11.3 Å². The lowest BCUT2D eigenvalue weighted by molar-refractivity contribution is -0.386. The van der Waals surface area contributed by atoms with Crippen LogP contribution >= 0.6 is 11.3 Å². The molecule has 0 amide bonds. The van der Waals surface area contributed by atoms with Gasteiger partial charge in [0.1, 0.15) is 5.69 Å². The van der Waals surface area contributed by atoms with E-state index in [0.717, 1.165) is 16.5 Å². The molecule has 1 aromatic heterocycles. The zero-order valence-corrected chi connectivity index (χ0v) is 10.5. The minimum absolute atomic E-state index is 0.202. The standard InChI is InChI=1S/C12H11FN2O2S/c1-8-5-6-18-11(8)7-14-10-4-2-3-9(13)12(10)15(16)17/h2-6,14H,7H2,1H3. The van der Waals surface area contributed by atoms with Crippen molar-refractivity contribution >= 4 is 22.7 Å². The first-order valence-electron chi connectivity index (χ1n) is 5.29. The van der Waals surface area contributed by atoms with Crippen molar-refractivity contribution < 1.29 is 9.31 Å². The number of nitrogens with one attached hydrogen (secondary N) is 1. The van der Waals surface area contributed by atoms with Crippen molar-refractivity contribution in [2.24, 2.45) is 0 Å². The van der Waals surface area contributed by atoms with Crippen LogP contribution < -0.4 is 5.32 Å². The number of hydrogen-bond donors (Lipinski definition) is 1. The van der Waals surface area contributed by atoms with Gasteiger partial charge in [0.05, 0.1) is 4.92 Å². The molecule has 0 unspecified atom stereocenters. The second kappa shape index (κ2) is 5.14. The van der Waals surface area contributed by atoms with E-state index < -0.39 is 16.4 Å². The van der Waals surface area contributed by atoms with Crippen molar-refractivity contribution in [2.45, 2.75) is 13.5 Å². The van der Waals surface area contributed by atoms with E-state index in [2.05, 4.69) is 5.32 Å². The number of nitro benzene ring substituents is 1. The SMILES string of the molecule is Cc1ccsc1CNc1cccc(F)c1[N+](=O)[O-]. The molecule has 2 rings (SSSR count). The first kappa shape index (κ1) is 12.5. The van der Waals surface area contributed by atoms with Crippen molar-refractivity contribution in [2.75, 3.05) is 5.32 Å². The zero-order chi connectivity index (χ0) is 13.1. The summed E-state index contributed by atoms with van der Waals surface area (Å²) in [5.74, 6) is -0.826. The second-order valence-corrected chi connectivity index (χ2v) is 4.77.